The number of alkyl carbamates (subject to hydrolysis) is 1. The molecule has 0 saturated carbocycles. The van der Waals surface area contributed by atoms with Crippen molar-refractivity contribution in [2.24, 2.45) is 0 Å². The highest BCUT2D eigenvalue weighted by Crippen LogP contribution is 2.38. The van der Waals surface area contributed by atoms with E-state index in [0.717, 1.165) is 10.1 Å². The zero-order valence-electron chi connectivity index (χ0n) is 15.6. The number of thiophene rings is 1. The molecule has 0 unspecified atom stereocenters. The van der Waals surface area contributed by atoms with Crippen molar-refractivity contribution in [3.8, 4) is 5.75 Å². The summed E-state index contributed by atoms with van der Waals surface area (Å²) < 4.78 is 16.3. The van der Waals surface area contributed by atoms with Crippen LogP contribution in [-0.2, 0) is 9.47 Å². The summed E-state index contributed by atoms with van der Waals surface area (Å²) >= 11 is 1.34. The Hall–Kier alpha value is -2.48. The molecule has 1 aromatic heterocycles. The molecule has 8 heteroatoms. The van der Waals surface area contributed by atoms with Gasteiger partial charge in [-0.25, -0.2) is 9.59 Å². The highest BCUT2D eigenvalue weighted by molar-refractivity contribution is 7.21. The third-order valence-corrected chi connectivity index (χ3v) is 4.51. The fourth-order valence-electron chi connectivity index (χ4n) is 2.28. The van der Waals surface area contributed by atoms with Crippen LogP contribution in [0.2, 0.25) is 0 Å². The average molecular weight is 380 g/mol. The van der Waals surface area contributed by atoms with Gasteiger partial charge in [0, 0.05) is 23.2 Å². The SMILES string of the molecule is COC(=O)c1sc2ccc(OC)cc2c1NCCNC(=O)OC(C)(C)C. The fourth-order valence-corrected chi connectivity index (χ4v) is 3.36. The predicted octanol–water partition coefficient (Wildman–Crippen LogP) is 3.63. The van der Waals surface area contributed by atoms with Crippen LogP contribution in [0.1, 0.15) is 30.4 Å². The van der Waals surface area contributed by atoms with E-state index in [1.165, 1.54) is 18.4 Å². The number of methoxy groups -OCH3 is 2. The van der Waals surface area contributed by atoms with Gasteiger partial charge < -0.3 is 24.8 Å². The van der Waals surface area contributed by atoms with Crippen molar-refractivity contribution in [1.29, 1.82) is 0 Å². The third kappa shape index (κ3) is 5.01. The molecule has 0 bridgehead atoms. The van der Waals surface area contributed by atoms with E-state index in [0.29, 0.717) is 29.4 Å². The van der Waals surface area contributed by atoms with Crippen LogP contribution in [0.5, 0.6) is 5.75 Å². The maximum atomic E-state index is 12.1. The summed E-state index contributed by atoms with van der Waals surface area (Å²) in [6.07, 6.45) is -0.482. The Balaban J connectivity index is 2.11. The first-order chi connectivity index (χ1) is 12.2. The predicted molar refractivity (Wildman–Crippen MR) is 102 cm³/mol. The van der Waals surface area contributed by atoms with Gasteiger partial charge in [0.15, 0.2) is 0 Å². The first-order valence-electron chi connectivity index (χ1n) is 8.14. The number of ether oxygens (including phenoxy) is 3. The molecule has 2 rings (SSSR count). The summed E-state index contributed by atoms with van der Waals surface area (Å²) in [6, 6.07) is 5.60. The van der Waals surface area contributed by atoms with E-state index in [-0.39, 0.29) is 0 Å². The number of carbonyl (C=O) groups excluding carboxylic acids is 2. The summed E-state index contributed by atoms with van der Waals surface area (Å²) in [6.45, 7) is 6.18. The highest BCUT2D eigenvalue weighted by Gasteiger charge is 2.20. The molecule has 2 aromatic rings. The summed E-state index contributed by atoms with van der Waals surface area (Å²) in [7, 11) is 2.94. The second-order valence-corrected chi connectivity index (χ2v) is 7.57. The molecule has 0 aliphatic rings. The molecular formula is C18H24N2O5S. The van der Waals surface area contributed by atoms with E-state index in [9.17, 15) is 9.59 Å². The number of anilines is 1. The minimum Gasteiger partial charge on any atom is -0.497 e. The van der Waals surface area contributed by atoms with Gasteiger partial charge in [0.2, 0.25) is 0 Å². The molecular weight excluding hydrogens is 356 g/mol. The number of amides is 1. The van der Waals surface area contributed by atoms with Gasteiger partial charge in [-0.1, -0.05) is 0 Å². The molecule has 0 aliphatic heterocycles. The number of hydrogen-bond acceptors (Lipinski definition) is 7. The Morgan fingerprint density at radius 1 is 1.15 bits per heavy atom. The second-order valence-electron chi connectivity index (χ2n) is 6.52. The van der Waals surface area contributed by atoms with E-state index >= 15 is 0 Å². The fraction of sp³-hybridized carbons (Fsp3) is 0.444. The van der Waals surface area contributed by atoms with Crippen LogP contribution in [0.3, 0.4) is 0 Å². The number of esters is 1. The van der Waals surface area contributed by atoms with Crippen molar-refractivity contribution in [1.82, 2.24) is 5.32 Å². The van der Waals surface area contributed by atoms with Gasteiger partial charge >= 0.3 is 12.1 Å². The maximum absolute atomic E-state index is 12.1. The molecule has 1 heterocycles. The standard InChI is InChI=1S/C18H24N2O5S/c1-18(2,3)25-17(22)20-9-8-19-14-12-10-11(23-4)6-7-13(12)26-15(14)16(21)24-5/h6-7,10,19H,8-9H2,1-5H3,(H,20,22). The Morgan fingerprint density at radius 3 is 2.50 bits per heavy atom. The van der Waals surface area contributed by atoms with Gasteiger partial charge in [-0.3, -0.25) is 0 Å². The summed E-state index contributed by atoms with van der Waals surface area (Å²) in [5, 5.41) is 6.75. The van der Waals surface area contributed by atoms with Crippen molar-refractivity contribution < 1.29 is 23.8 Å². The minimum absolute atomic E-state index is 0.344. The van der Waals surface area contributed by atoms with Crippen LogP contribution in [0.4, 0.5) is 10.5 Å². The molecule has 26 heavy (non-hydrogen) atoms. The molecule has 142 valence electrons. The number of carbonyl (C=O) groups is 2. The first kappa shape index (κ1) is 19.8. The molecule has 1 aromatic carbocycles. The van der Waals surface area contributed by atoms with Gasteiger partial charge in [0.25, 0.3) is 0 Å². The summed E-state index contributed by atoms with van der Waals surface area (Å²) in [4.78, 5) is 24.3. The lowest BCUT2D eigenvalue weighted by molar-refractivity contribution is 0.0528. The molecule has 0 saturated heterocycles. The molecule has 0 aliphatic carbocycles. The quantitative estimate of drug-likeness (QED) is 0.588. The van der Waals surface area contributed by atoms with E-state index in [1.807, 2.05) is 18.2 Å². The number of hydrogen-bond donors (Lipinski definition) is 2. The van der Waals surface area contributed by atoms with Crippen molar-refractivity contribution in [3.05, 3.63) is 23.1 Å². The summed E-state index contributed by atoms with van der Waals surface area (Å²) in [5.41, 5.74) is 0.122. The topological polar surface area (TPSA) is 85.9 Å². The molecule has 0 fully saturated rings. The van der Waals surface area contributed by atoms with Crippen molar-refractivity contribution in [2.45, 2.75) is 26.4 Å². The zero-order valence-corrected chi connectivity index (χ0v) is 16.4. The van der Waals surface area contributed by atoms with Crippen molar-refractivity contribution in [3.63, 3.8) is 0 Å². The Labute approximate surface area is 156 Å². The Bertz CT molecular complexity index is 795. The third-order valence-electron chi connectivity index (χ3n) is 3.36. The second kappa shape index (κ2) is 8.27. The molecule has 1 amide bonds. The highest BCUT2D eigenvalue weighted by atomic mass is 32.1. The van der Waals surface area contributed by atoms with Gasteiger partial charge in [-0.15, -0.1) is 11.3 Å². The van der Waals surface area contributed by atoms with Crippen LogP contribution in [0.25, 0.3) is 10.1 Å². The van der Waals surface area contributed by atoms with Gasteiger partial charge in [-0.05, 0) is 39.0 Å². The Kier molecular flexibility index (Phi) is 6.31. The normalized spacial score (nSPS) is 11.1. The van der Waals surface area contributed by atoms with E-state index in [4.69, 9.17) is 14.2 Å². The lowest BCUT2D eigenvalue weighted by Gasteiger charge is -2.19. The lowest BCUT2D eigenvalue weighted by atomic mass is 10.2. The lowest BCUT2D eigenvalue weighted by Crippen LogP contribution is -2.35. The van der Waals surface area contributed by atoms with E-state index in [2.05, 4.69) is 10.6 Å². The van der Waals surface area contributed by atoms with Crippen LogP contribution in [0.15, 0.2) is 18.2 Å². The van der Waals surface area contributed by atoms with Crippen LogP contribution >= 0.6 is 11.3 Å². The minimum atomic E-state index is -0.546. The van der Waals surface area contributed by atoms with E-state index in [1.54, 1.807) is 27.9 Å². The zero-order chi connectivity index (χ0) is 19.3. The van der Waals surface area contributed by atoms with Crippen molar-refractivity contribution >= 4 is 39.2 Å². The number of rotatable bonds is 6. The van der Waals surface area contributed by atoms with E-state index < -0.39 is 17.7 Å². The van der Waals surface area contributed by atoms with Gasteiger partial charge in [0.1, 0.15) is 16.2 Å². The monoisotopic (exact) mass is 380 g/mol. The Morgan fingerprint density at radius 2 is 1.88 bits per heavy atom. The molecule has 7 nitrogen and oxygen atoms in total. The largest absolute Gasteiger partial charge is 0.497 e. The maximum Gasteiger partial charge on any atom is 0.407 e. The van der Waals surface area contributed by atoms with Crippen LogP contribution < -0.4 is 15.4 Å². The van der Waals surface area contributed by atoms with Crippen LogP contribution in [0, 0.1) is 0 Å². The van der Waals surface area contributed by atoms with Gasteiger partial charge in [0.05, 0.1) is 19.9 Å². The average Bonchev–Trinajstić information content (AvgIpc) is 2.94. The number of benzene rings is 1. The first-order valence-corrected chi connectivity index (χ1v) is 8.96. The van der Waals surface area contributed by atoms with Crippen molar-refractivity contribution in [2.75, 3.05) is 32.6 Å². The van der Waals surface area contributed by atoms with Gasteiger partial charge in [-0.2, -0.15) is 0 Å². The summed E-state index contributed by atoms with van der Waals surface area (Å²) in [5.74, 6) is 0.286. The molecule has 0 radical (unpaired) electrons. The molecule has 0 atom stereocenters. The molecule has 2 N–H and O–H groups in total. The molecule has 0 spiro atoms. The smallest absolute Gasteiger partial charge is 0.407 e. The number of nitrogens with one attached hydrogen (secondary N) is 2. The number of fused-ring (bicyclic) bond motifs is 1. The van der Waals surface area contributed by atoms with Crippen LogP contribution in [-0.4, -0.2) is 45.0 Å².